The van der Waals surface area contributed by atoms with Crippen molar-refractivity contribution in [1.82, 2.24) is 0 Å². The first-order chi connectivity index (χ1) is 29.6. The Balaban J connectivity index is 0.969. The predicted octanol–water partition coefficient (Wildman–Crippen LogP) is 0.606. The van der Waals surface area contributed by atoms with E-state index in [0.29, 0.717) is 25.4 Å². The van der Waals surface area contributed by atoms with Crippen molar-refractivity contribution in [2.24, 2.45) is 45.3 Å². The van der Waals surface area contributed by atoms with Crippen molar-refractivity contribution < 1.29 is 83.9 Å². The first-order valence-electron chi connectivity index (χ1n) is 23.5. The summed E-state index contributed by atoms with van der Waals surface area (Å²) in [4.78, 5) is 0. The van der Waals surface area contributed by atoms with Gasteiger partial charge >= 0.3 is 0 Å². The van der Waals surface area contributed by atoms with Crippen molar-refractivity contribution in [2.75, 3.05) is 26.4 Å². The SMILES string of the molecule is CC(C)=C[C@H]1C[C@](C)(O)[C@@H]2[C@H]3CC[C@@H]4[C@@]5(C)CC[C@H](O[C@@H]6OC[C@H](O)[C@H](O[C@@H]7O[C@H](CO)[C@@H](O)[C@H](O)[C@H]7O)[C@H]6O[C@@H]6O[C@@H](CO)[C@H](O)[C@H]6O)C(C)(C)[C@H]5CC[C@@]4(C)[C@@]34CO[C@@]2(C4)O1. The molecule has 0 aromatic carbocycles. The van der Waals surface area contributed by atoms with E-state index in [1.165, 1.54) is 0 Å². The van der Waals surface area contributed by atoms with E-state index in [-0.39, 0.29) is 52.8 Å². The number of hydrogen-bond acceptors (Lipinski definition) is 17. The molecule has 4 saturated carbocycles. The van der Waals surface area contributed by atoms with Crippen molar-refractivity contribution in [3.8, 4) is 0 Å². The summed E-state index contributed by atoms with van der Waals surface area (Å²) in [6, 6.07) is 0. The van der Waals surface area contributed by atoms with Crippen LogP contribution in [0.4, 0.5) is 0 Å². The molecule has 9 rings (SSSR count). The molecule has 5 saturated heterocycles. The Kier molecular flexibility index (Phi) is 12.2. The van der Waals surface area contributed by atoms with Crippen LogP contribution in [0.1, 0.15) is 99.8 Å². The molecule has 17 heteroatoms. The second-order valence-electron chi connectivity index (χ2n) is 22.5. The lowest BCUT2D eigenvalue weighted by Crippen LogP contribution is -2.67. The fourth-order valence-electron chi connectivity index (χ4n) is 15.6. The van der Waals surface area contributed by atoms with Gasteiger partial charge in [0.15, 0.2) is 24.7 Å². The van der Waals surface area contributed by atoms with Crippen LogP contribution < -0.4 is 0 Å². The minimum atomic E-state index is -1.79. The summed E-state index contributed by atoms with van der Waals surface area (Å²) >= 11 is 0. The summed E-state index contributed by atoms with van der Waals surface area (Å²) in [5, 5.41) is 96.7. The maximum atomic E-state index is 12.2. The molecule has 360 valence electrons. The summed E-state index contributed by atoms with van der Waals surface area (Å²) < 4.78 is 50.7. The Labute approximate surface area is 369 Å². The second kappa shape index (κ2) is 16.4. The Morgan fingerprint density at radius 3 is 2.00 bits per heavy atom. The molecule has 9 fully saturated rings. The van der Waals surface area contributed by atoms with E-state index in [4.69, 9.17) is 37.9 Å². The zero-order valence-corrected chi connectivity index (χ0v) is 37.8. The van der Waals surface area contributed by atoms with Crippen LogP contribution in [0.3, 0.4) is 0 Å². The summed E-state index contributed by atoms with van der Waals surface area (Å²) in [5.74, 6) is -0.0237. The molecule has 0 aromatic rings. The highest BCUT2D eigenvalue weighted by Gasteiger charge is 2.81. The average molecular weight is 899 g/mol. The highest BCUT2D eigenvalue weighted by atomic mass is 16.8. The standard InChI is InChI=1S/C46H74O17/c1-21(2)14-22-15-44(7,55)37-23-8-9-28-42(5)12-11-29(41(3,4)27(42)10-13-43(28,6)45(23)19-46(37,63-22)57-20-45)60-40-36(62-38-33(53)31(51)26(17-48)59-38)35(24(49)18-56-40)61-39-34(54)32(52)30(50)25(16-47)58-39/h14,22-40,47-55H,8-13,15-20H2,1-7H3/t22-,23+,24-,25+,26-,27+,28+,29-,30+,31-,32-,33+,34+,35-,36+,37-,38-,39-,40-,42-,43+,44-,45-,46-/m0/s1. The fraction of sp³-hybridized carbons (Fsp3) is 0.957. The van der Waals surface area contributed by atoms with Crippen molar-refractivity contribution in [2.45, 2.75) is 203 Å². The second-order valence-corrected chi connectivity index (χ2v) is 22.5. The van der Waals surface area contributed by atoms with Gasteiger partial charge in [-0.3, -0.25) is 0 Å². The maximum Gasteiger partial charge on any atom is 0.187 e. The lowest BCUT2D eigenvalue weighted by molar-refractivity contribution is -0.375. The van der Waals surface area contributed by atoms with Gasteiger partial charge in [-0.05, 0) is 93.3 Å². The Hall–Kier alpha value is -0.940. The Morgan fingerprint density at radius 2 is 1.35 bits per heavy atom. The highest BCUT2D eigenvalue weighted by molar-refractivity contribution is 5.26. The van der Waals surface area contributed by atoms with Gasteiger partial charge in [-0.25, -0.2) is 0 Å². The molecule has 2 bridgehead atoms. The van der Waals surface area contributed by atoms with Crippen molar-refractivity contribution >= 4 is 0 Å². The van der Waals surface area contributed by atoms with E-state index in [0.717, 1.165) is 44.1 Å². The summed E-state index contributed by atoms with van der Waals surface area (Å²) in [6.07, 6.45) is -11.0. The van der Waals surface area contributed by atoms with Crippen LogP contribution in [0.25, 0.3) is 0 Å². The first-order valence-corrected chi connectivity index (χ1v) is 23.5. The van der Waals surface area contributed by atoms with Gasteiger partial charge in [0.2, 0.25) is 0 Å². The molecular weight excluding hydrogens is 824 g/mol. The largest absolute Gasteiger partial charge is 0.394 e. The monoisotopic (exact) mass is 898 g/mol. The first kappa shape index (κ1) is 47.1. The van der Waals surface area contributed by atoms with Crippen molar-refractivity contribution in [3.05, 3.63) is 11.6 Å². The smallest absolute Gasteiger partial charge is 0.187 e. The molecule has 0 amide bonds. The molecule has 0 radical (unpaired) electrons. The molecule has 24 atom stereocenters. The van der Waals surface area contributed by atoms with Gasteiger partial charge in [-0.15, -0.1) is 0 Å². The van der Waals surface area contributed by atoms with Crippen LogP contribution in [0.5, 0.6) is 0 Å². The van der Waals surface area contributed by atoms with Crippen LogP contribution in [0.15, 0.2) is 11.6 Å². The number of aliphatic hydroxyl groups excluding tert-OH is 8. The molecule has 0 aromatic heterocycles. The number of rotatable bonds is 9. The van der Waals surface area contributed by atoms with Crippen LogP contribution in [0.2, 0.25) is 0 Å². The fourth-order valence-corrected chi connectivity index (χ4v) is 15.6. The minimum Gasteiger partial charge on any atom is -0.394 e. The number of ether oxygens (including phenoxy) is 8. The third kappa shape index (κ3) is 7.11. The van der Waals surface area contributed by atoms with E-state index in [1.807, 2.05) is 6.92 Å². The number of aliphatic hydroxyl groups is 9. The maximum absolute atomic E-state index is 12.2. The Bertz CT molecular complexity index is 1710. The molecule has 4 aliphatic carbocycles. The summed E-state index contributed by atoms with van der Waals surface area (Å²) in [7, 11) is 0. The minimum absolute atomic E-state index is 0.0626. The number of hydrogen-bond donors (Lipinski definition) is 9. The summed E-state index contributed by atoms with van der Waals surface area (Å²) in [6.45, 7) is 14.6. The van der Waals surface area contributed by atoms with E-state index >= 15 is 0 Å². The van der Waals surface area contributed by atoms with E-state index in [1.54, 1.807) is 0 Å². The lowest BCUT2D eigenvalue weighted by atomic mass is 9.35. The van der Waals surface area contributed by atoms with Crippen LogP contribution >= 0.6 is 0 Å². The number of allylic oxidation sites excluding steroid dienone is 1. The highest BCUT2D eigenvalue weighted by Crippen LogP contribution is 2.80. The molecule has 0 unspecified atom stereocenters. The van der Waals surface area contributed by atoms with Gasteiger partial charge < -0.3 is 83.9 Å². The molecular formula is C46H74O17. The van der Waals surface area contributed by atoms with Gasteiger partial charge in [-0.1, -0.05) is 39.3 Å². The molecule has 9 aliphatic rings. The Morgan fingerprint density at radius 1 is 0.714 bits per heavy atom. The summed E-state index contributed by atoms with van der Waals surface area (Å²) in [5.41, 5.74) is -0.453. The van der Waals surface area contributed by atoms with Gasteiger partial charge in [-0.2, -0.15) is 0 Å². The van der Waals surface area contributed by atoms with Gasteiger partial charge in [0.1, 0.15) is 61.0 Å². The van der Waals surface area contributed by atoms with Gasteiger partial charge in [0.25, 0.3) is 0 Å². The van der Waals surface area contributed by atoms with Crippen molar-refractivity contribution in [3.63, 3.8) is 0 Å². The predicted molar refractivity (Wildman–Crippen MR) is 219 cm³/mol. The number of fused-ring (bicyclic) bond motifs is 4. The molecule has 17 nitrogen and oxygen atoms in total. The van der Waals surface area contributed by atoms with E-state index in [9.17, 15) is 46.0 Å². The van der Waals surface area contributed by atoms with Crippen LogP contribution in [-0.2, 0) is 37.9 Å². The van der Waals surface area contributed by atoms with E-state index < -0.39 is 110 Å². The molecule has 63 heavy (non-hydrogen) atoms. The lowest BCUT2D eigenvalue weighted by Gasteiger charge is -2.70. The topological polar surface area (TPSA) is 256 Å². The molecule has 5 heterocycles. The van der Waals surface area contributed by atoms with Gasteiger partial charge in [0, 0.05) is 24.2 Å². The van der Waals surface area contributed by atoms with Gasteiger partial charge in [0.05, 0.1) is 44.2 Å². The molecule has 2 spiro atoms. The van der Waals surface area contributed by atoms with E-state index in [2.05, 4.69) is 47.6 Å². The van der Waals surface area contributed by atoms with Crippen LogP contribution in [-0.4, -0.2) is 176 Å². The zero-order chi connectivity index (χ0) is 45.4. The molecule has 5 aliphatic heterocycles. The normalized spacial score (nSPS) is 57.2. The van der Waals surface area contributed by atoms with Crippen molar-refractivity contribution in [1.29, 1.82) is 0 Å². The quantitative estimate of drug-likeness (QED) is 0.114. The average Bonchev–Trinajstić information content (AvgIpc) is 3.83. The third-order valence-electron chi connectivity index (χ3n) is 18.4. The molecule has 9 N–H and O–H groups in total. The third-order valence-corrected chi connectivity index (χ3v) is 18.4. The zero-order valence-electron chi connectivity index (χ0n) is 37.8. The van der Waals surface area contributed by atoms with Crippen LogP contribution in [0, 0.1) is 45.3 Å².